The second kappa shape index (κ2) is 5.20. The van der Waals surface area contributed by atoms with Crippen molar-refractivity contribution in [1.82, 2.24) is 0 Å². The summed E-state index contributed by atoms with van der Waals surface area (Å²) in [5, 5.41) is 19.6. The summed E-state index contributed by atoms with van der Waals surface area (Å²) in [6.07, 6.45) is 0. The molecule has 1 aromatic rings. The van der Waals surface area contributed by atoms with Crippen LogP contribution in [0.3, 0.4) is 0 Å². The molecule has 0 unspecified atom stereocenters. The van der Waals surface area contributed by atoms with Crippen molar-refractivity contribution in [2.75, 3.05) is 6.61 Å². The van der Waals surface area contributed by atoms with E-state index >= 15 is 0 Å². The molecule has 0 aliphatic heterocycles. The van der Waals surface area contributed by atoms with Crippen LogP contribution in [0.2, 0.25) is 0 Å². The van der Waals surface area contributed by atoms with Crippen molar-refractivity contribution in [2.24, 2.45) is 0 Å². The largest absolute Gasteiger partial charge is 0.494 e. The molecule has 7 nitrogen and oxygen atoms in total. The van der Waals surface area contributed by atoms with Gasteiger partial charge in [-0.2, -0.15) is 5.26 Å². The molecule has 0 amide bonds. The Morgan fingerprint density at radius 2 is 2.17 bits per heavy atom. The summed E-state index contributed by atoms with van der Waals surface area (Å²) in [7, 11) is 0.857. The Balaban J connectivity index is 3.69. The van der Waals surface area contributed by atoms with Crippen LogP contribution in [-0.2, 0) is 9.05 Å². The number of nitro groups is 1. The van der Waals surface area contributed by atoms with Gasteiger partial charge in [0.15, 0.2) is 0 Å². The molecular formula is C9H7ClN2O5S. The number of nitro benzene ring substituents is 1. The van der Waals surface area contributed by atoms with Crippen molar-refractivity contribution < 1.29 is 18.1 Å². The van der Waals surface area contributed by atoms with Crippen LogP contribution in [0.4, 0.5) is 5.69 Å². The molecule has 0 spiro atoms. The highest BCUT2D eigenvalue weighted by Crippen LogP contribution is 2.32. The fraction of sp³-hybridized carbons (Fsp3) is 0.222. The summed E-state index contributed by atoms with van der Waals surface area (Å²) in [6, 6.07) is 3.42. The van der Waals surface area contributed by atoms with Gasteiger partial charge in [-0.15, -0.1) is 0 Å². The molecule has 0 aromatic heterocycles. The Morgan fingerprint density at radius 3 is 2.56 bits per heavy atom. The van der Waals surface area contributed by atoms with Crippen molar-refractivity contribution >= 4 is 25.4 Å². The molecule has 0 saturated carbocycles. The molecule has 0 fully saturated rings. The van der Waals surface area contributed by atoms with E-state index in [2.05, 4.69) is 0 Å². The van der Waals surface area contributed by atoms with Gasteiger partial charge in [-0.3, -0.25) is 10.1 Å². The second-order valence-corrected chi connectivity index (χ2v) is 5.59. The fourth-order valence-electron chi connectivity index (χ4n) is 1.27. The summed E-state index contributed by atoms with van der Waals surface area (Å²) in [6.45, 7) is 1.81. The predicted octanol–water partition coefficient (Wildman–Crippen LogP) is 1.79. The molecule has 0 N–H and O–H groups in total. The number of rotatable bonds is 4. The quantitative estimate of drug-likeness (QED) is 0.475. The van der Waals surface area contributed by atoms with Crippen LogP contribution in [0, 0.1) is 21.4 Å². The molecule has 0 aliphatic carbocycles. The number of nitriles is 1. The van der Waals surface area contributed by atoms with Crippen molar-refractivity contribution in [1.29, 1.82) is 5.26 Å². The van der Waals surface area contributed by atoms with Crippen LogP contribution < -0.4 is 4.74 Å². The van der Waals surface area contributed by atoms with E-state index in [4.69, 9.17) is 20.7 Å². The van der Waals surface area contributed by atoms with E-state index in [1.807, 2.05) is 0 Å². The lowest BCUT2D eigenvalue weighted by Crippen LogP contribution is -2.02. The van der Waals surface area contributed by atoms with Crippen LogP contribution >= 0.6 is 10.7 Å². The fourth-order valence-corrected chi connectivity index (χ4v) is 2.29. The van der Waals surface area contributed by atoms with Gasteiger partial charge in [0.1, 0.15) is 22.3 Å². The third-order valence-electron chi connectivity index (χ3n) is 1.94. The maximum atomic E-state index is 11.3. The maximum absolute atomic E-state index is 11.3. The minimum absolute atomic E-state index is 0.0394. The van der Waals surface area contributed by atoms with Crippen molar-refractivity contribution in [3.8, 4) is 11.8 Å². The highest BCUT2D eigenvalue weighted by atomic mass is 35.7. The SMILES string of the molecule is CCOc1cc([N+](=O)[O-])c(C#N)c(S(=O)(=O)Cl)c1. The van der Waals surface area contributed by atoms with E-state index in [9.17, 15) is 18.5 Å². The van der Waals surface area contributed by atoms with E-state index in [-0.39, 0.29) is 12.4 Å². The molecule has 0 radical (unpaired) electrons. The number of hydrogen-bond donors (Lipinski definition) is 0. The molecular weight excluding hydrogens is 284 g/mol. The van der Waals surface area contributed by atoms with E-state index in [0.29, 0.717) is 0 Å². The van der Waals surface area contributed by atoms with Crippen molar-refractivity contribution in [3.63, 3.8) is 0 Å². The van der Waals surface area contributed by atoms with Gasteiger partial charge >= 0.3 is 0 Å². The van der Waals surface area contributed by atoms with E-state index in [0.717, 1.165) is 12.1 Å². The average Bonchev–Trinajstić information content (AvgIpc) is 2.27. The first-order valence-corrected chi connectivity index (χ1v) is 6.92. The van der Waals surface area contributed by atoms with Gasteiger partial charge in [0, 0.05) is 16.7 Å². The average molecular weight is 291 g/mol. The smallest absolute Gasteiger partial charge is 0.292 e. The number of halogens is 1. The van der Waals surface area contributed by atoms with Gasteiger partial charge in [0.05, 0.1) is 17.6 Å². The summed E-state index contributed by atoms with van der Waals surface area (Å²) in [5.74, 6) is -0.0394. The van der Waals surface area contributed by atoms with Crippen LogP contribution in [0.15, 0.2) is 17.0 Å². The Labute approximate surface area is 107 Å². The number of hydrogen-bond acceptors (Lipinski definition) is 6. The van der Waals surface area contributed by atoms with Gasteiger partial charge in [-0.1, -0.05) is 0 Å². The molecule has 18 heavy (non-hydrogen) atoms. The minimum Gasteiger partial charge on any atom is -0.494 e. The van der Waals surface area contributed by atoms with E-state index in [1.54, 1.807) is 6.92 Å². The Bertz CT molecular complexity index is 635. The standard InChI is InChI=1S/C9H7ClN2O5S/c1-2-17-6-3-8(12(13)14)7(5-11)9(4-6)18(10,15)16/h3-4H,2H2,1H3. The molecule has 0 bridgehead atoms. The lowest BCUT2D eigenvalue weighted by Gasteiger charge is -2.06. The first kappa shape index (κ1) is 14.2. The molecule has 0 atom stereocenters. The summed E-state index contributed by atoms with van der Waals surface area (Å²) >= 11 is 0. The highest BCUT2D eigenvalue weighted by molar-refractivity contribution is 8.13. The van der Waals surface area contributed by atoms with E-state index < -0.39 is 30.1 Å². The molecule has 96 valence electrons. The van der Waals surface area contributed by atoms with Gasteiger partial charge in [0.25, 0.3) is 14.7 Å². The van der Waals surface area contributed by atoms with E-state index in [1.165, 1.54) is 6.07 Å². The zero-order valence-electron chi connectivity index (χ0n) is 9.08. The summed E-state index contributed by atoms with van der Waals surface area (Å²) < 4.78 is 27.6. The molecule has 0 aliphatic rings. The zero-order valence-corrected chi connectivity index (χ0v) is 10.7. The van der Waals surface area contributed by atoms with Gasteiger partial charge in [-0.25, -0.2) is 8.42 Å². The third kappa shape index (κ3) is 2.88. The zero-order chi connectivity index (χ0) is 13.9. The first-order valence-electron chi connectivity index (χ1n) is 4.61. The normalized spacial score (nSPS) is 10.7. The van der Waals surface area contributed by atoms with Crippen LogP contribution in [0.1, 0.15) is 12.5 Å². The topological polar surface area (TPSA) is 110 Å². The molecule has 9 heteroatoms. The molecule has 0 saturated heterocycles. The first-order chi connectivity index (χ1) is 8.31. The second-order valence-electron chi connectivity index (χ2n) is 3.06. The predicted molar refractivity (Wildman–Crippen MR) is 62.0 cm³/mol. The highest BCUT2D eigenvalue weighted by Gasteiger charge is 2.26. The third-order valence-corrected chi connectivity index (χ3v) is 3.28. The minimum atomic E-state index is -4.28. The molecule has 1 rings (SSSR count). The van der Waals surface area contributed by atoms with Crippen LogP contribution in [-0.4, -0.2) is 19.9 Å². The molecule has 0 heterocycles. The summed E-state index contributed by atoms with van der Waals surface area (Å²) in [5.41, 5.74) is -1.28. The lowest BCUT2D eigenvalue weighted by molar-refractivity contribution is -0.385. The van der Waals surface area contributed by atoms with Crippen LogP contribution in [0.25, 0.3) is 0 Å². The monoisotopic (exact) mass is 290 g/mol. The Morgan fingerprint density at radius 1 is 1.56 bits per heavy atom. The van der Waals surface area contributed by atoms with Crippen molar-refractivity contribution in [2.45, 2.75) is 11.8 Å². The Kier molecular flexibility index (Phi) is 4.11. The maximum Gasteiger partial charge on any atom is 0.292 e. The Hall–Kier alpha value is -1.85. The summed E-state index contributed by atoms with van der Waals surface area (Å²) in [4.78, 5) is 9.27. The van der Waals surface area contributed by atoms with Crippen LogP contribution in [0.5, 0.6) is 5.75 Å². The van der Waals surface area contributed by atoms with Crippen molar-refractivity contribution in [3.05, 3.63) is 27.8 Å². The molecule has 1 aromatic carbocycles. The number of nitrogens with zero attached hydrogens (tertiary/aromatic N) is 2. The van der Waals surface area contributed by atoms with Gasteiger partial charge in [-0.05, 0) is 6.92 Å². The van der Waals surface area contributed by atoms with Gasteiger partial charge < -0.3 is 4.74 Å². The lowest BCUT2D eigenvalue weighted by atomic mass is 10.2. The number of benzene rings is 1. The van der Waals surface area contributed by atoms with Gasteiger partial charge in [0.2, 0.25) is 0 Å². The number of ether oxygens (including phenoxy) is 1.